The lowest BCUT2D eigenvalue weighted by atomic mass is 9.97. The van der Waals surface area contributed by atoms with Gasteiger partial charge >= 0.3 is 6.03 Å². The van der Waals surface area contributed by atoms with Gasteiger partial charge < -0.3 is 10.6 Å². The topological polar surface area (TPSA) is 78.5 Å². The molecule has 0 aromatic heterocycles. The van der Waals surface area contributed by atoms with Crippen LogP contribution in [0.1, 0.15) is 32.6 Å². The van der Waals surface area contributed by atoms with Crippen molar-refractivity contribution < 1.29 is 14.4 Å². The minimum atomic E-state index is -0.867. The van der Waals surface area contributed by atoms with E-state index in [0.29, 0.717) is 18.5 Å². The van der Waals surface area contributed by atoms with Gasteiger partial charge in [-0.15, -0.1) is 0 Å². The monoisotopic (exact) mass is 351 g/mol. The van der Waals surface area contributed by atoms with E-state index in [1.165, 1.54) is 0 Å². The first-order valence-electron chi connectivity index (χ1n) is 8.96. The van der Waals surface area contributed by atoms with Crippen LogP contribution in [0.3, 0.4) is 0 Å². The highest BCUT2D eigenvalue weighted by atomic mass is 16.2. The number of nitrogens with one attached hydrogen (secondary N) is 2. The molecule has 2 N–H and O–H groups in total. The maximum atomic E-state index is 12.8. The van der Waals surface area contributed by atoms with Crippen molar-refractivity contribution in [3.8, 4) is 0 Å². The molecule has 1 spiro atoms. The van der Waals surface area contributed by atoms with Gasteiger partial charge in [0, 0.05) is 5.69 Å². The third-order valence-corrected chi connectivity index (χ3v) is 5.43. The molecular formula is C20H21N3O3. The fraction of sp³-hybridized carbons (Fsp3) is 0.350. The molecule has 2 fully saturated rings. The predicted molar refractivity (Wildman–Crippen MR) is 98.6 cm³/mol. The smallest absolute Gasteiger partial charge is 0.324 e. The van der Waals surface area contributed by atoms with Gasteiger partial charge in [0.15, 0.2) is 0 Å². The summed E-state index contributed by atoms with van der Waals surface area (Å²) in [6.45, 7) is 1.59. The number of rotatable bonds is 3. The molecule has 1 saturated carbocycles. The predicted octanol–water partition coefficient (Wildman–Crippen LogP) is 3.03. The molecule has 1 unspecified atom stereocenters. The third kappa shape index (κ3) is 2.62. The normalized spacial score (nSPS) is 19.8. The molecule has 2 aromatic rings. The average molecular weight is 351 g/mol. The summed E-state index contributed by atoms with van der Waals surface area (Å²) in [5, 5.41) is 7.72. The van der Waals surface area contributed by atoms with Crippen molar-refractivity contribution in [2.75, 3.05) is 5.32 Å². The van der Waals surface area contributed by atoms with E-state index in [9.17, 15) is 14.4 Å². The molecule has 6 heteroatoms. The summed E-state index contributed by atoms with van der Waals surface area (Å²) < 4.78 is 0. The number of benzene rings is 2. The third-order valence-electron chi connectivity index (χ3n) is 5.43. The number of amides is 4. The van der Waals surface area contributed by atoms with Crippen LogP contribution in [-0.4, -0.2) is 34.3 Å². The van der Waals surface area contributed by atoms with Crippen molar-refractivity contribution in [1.82, 2.24) is 10.2 Å². The van der Waals surface area contributed by atoms with Crippen molar-refractivity contribution in [3.63, 3.8) is 0 Å². The maximum absolute atomic E-state index is 12.8. The van der Waals surface area contributed by atoms with E-state index < -0.39 is 17.6 Å². The highest BCUT2D eigenvalue weighted by Crippen LogP contribution is 2.35. The highest BCUT2D eigenvalue weighted by Gasteiger charge is 2.54. The first-order valence-corrected chi connectivity index (χ1v) is 8.96. The average Bonchev–Trinajstić information content (AvgIpc) is 3.19. The van der Waals surface area contributed by atoms with E-state index in [2.05, 4.69) is 10.6 Å². The van der Waals surface area contributed by atoms with Crippen LogP contribution >= 0.6 is 0 Å². The summed E-state index contributed by atoms with van der Waals surface area (Å²) in [6.07, 6.45) is 3.12. The Morgan fingerprint density at radius 3 is 2.54 bits per heavy atom. The number of carbonyl (C=O) groups is 3. The van der Waals surface area contributed by atoms with E-state index in [4.69, 9.17) is 0 Å². The Morgan fingerprint density at radius 1 is 1.12 bits per heavy atom. The SMILES string of the molecule is CC(C(=O)Nc1ccc2ccccc2c1)N1C(=O)NC2(CCCC2)C1=O. The maximum Gasteiger partial charge on any atom is 0.325 e. The van der Waals surface area contributed by atoms with Crippen LogP contribution in [0.25, 0.3) is 10.8 Å². The summed E-state index contributed by atoms with van der Waals surface area (Å²) in [4.78, 5) is 38.8. The van der Waals surface area contributed by atoms with Crippen molar-refractivity contribution >= 4 is 34.3 Å². The molecule has 1 aliphatic heterocycles. The summed E-state index contributed by atoms with van der Waals surface area (Å²) >= 11 is 0. The number of nitrogens with zero attached hydrogens (tertiary/aromatic N) is 1. The Bertz CT molecular complexity index is 902. The van der Waals surface area contributed by atoms with Gasteiger partial charge in [-0.2, -0.15) is 0 Å². The number of hydrogen-bond donors (Lipinski definition) is 2. The molecule has 134 valence electrons. The van der Waals surface area contributed by atoms with Crippen molar-refractivity contribution in [3.05, 3.63) is 42.5 Å². The van der Waals surface area contributed by atoms with Crippen LogP contribution in [0.2, 0.25) is 0 Å². The minimum Gasteiger partial charge on any atom is -0.324 e. The molecule has 2 aliphatic rings. The summed E-state index contributed by atoms with van der Waals surface area (Å²) in [5.41, 5.74) is -0.155. The zero-order valence-electron chi connectivity index (χ0n) is 14.6. The van der Waals surface area contributed by atoms with Gasteiger partial charge in [0.05, 0.1) is 0 Å². The Morgan fingerprint density at radius 2 is 1.81 bits per heavy atom. The van der Waals surface area contributed by atoms with Gasteiger partial charge in [0.1, 0.15) is 11.6 Å². The molecule has 4 rings (SSSR count). The van der Waals surface area contributed by atoms with Crippen LogP contribution in [0.15, 0.2) is 42.5 Å². The van der Waals surface area contributed by atoms with Gasteiger partial charge in [-0.25, -0.2) is 9.69 Å². The Hall–Kier alpha value is -2.89. The summed E-state index contributed by atoms with van der Waals surface area (Å²) in [6, 6.07) is 12.1. The van der Waals surface area contributed by atoms with Crippen LogP contribution in [0.4, 0.5) is 10.5 Å². The molecule has 26 heavy (non-hydrogen) atoms. The number of fused-ring (bicyclic) bond motifs is 1. The Kier molecular flexibility index (Phi) is 3.90. The molecule has 6 nitrogen and oxygen atoms in total. The number of urea groups is 1. The molecular weight excluding hydrogens is 330 g/mol. The molecule has 2 aromatic carbocycles. The zero-order chi connectivity index (χ0) is 18.3. The molecule has 1 atom stereocenters. The Labute approximate surface area is 151 Å². The molecule has 4 amide bonds. The van der Waals surface area contributed by atoms with Crippen LogP contribution in [0, 0.1) is 0 Å². The lowest BCUT2D eigenvalue weighted by Crippen LogP contribution is -2.48. The van der Waals surface area contributed by atoms with Gasteiger partial charge in [-0.1, -0.05) is 43.2 Å². The number of carbonyl (C=O) groups excluding carboxylic acids is 3. The van der Waals surface area contributed by atoms with Crippen LogP contribution < -0.4 is 10.6 Å². The standard InChI is InChI=1S/C20H21N3O3/c1-13(23-18(25)20(22-19(23)26)10-4-5-11-20)17(24)21-16-9-8-14-6-2-3-7-15(14)12-16/h2-3,6-9,12-13H,4-5,10-11H2,1H3,(H,21,24)(H,22,26). The summed E-state index contributed by atoms with van der Waals surface area (Å²) in [7, 11) is 0. The second kappa shape index (κ2) is 6.12. The van der Waals surface area contributed by atoms with Crippen LogP contribution in [0.5, 0.6) is 0 Å². The van der Waals surface area contributed by atoms with E-state index in [1.54, 1.807) is 6.92 Å². The number of anilines is 1. The second-order valence-electron chi connectivity index (χ2n) is 7.12. The number of hydrogen-bond acceptors (Lipinski definition) is 3. The number of imide groups is 1. The second-order valence-corrected chi connectivity index (χ2v) is 7.12. The fourth-order valence-electron chi connectivity index (χ4n) is 3.94. The van der Waals surface area contributed by atoms with E-state index >= 15 is 0 Å². The Balaban J connectivity index is 1.52. The quantitative estimate of drug-likeness (QED) is 0.834. The van der Waals surface area contributed by atoms with Gasteiger partial charge in [-0.3, -0.25) is 9.59 Å². The summed E-state index contributed by atoms with van der Waals surface area (Å²) in [5.74, 6) is -0.653. The molecule has 1 saturated heterocycles. The van der Waals surface area contributed by atoms with Gasteiger partial charge in [-0.05, 0) is 42.7 Å². The largest absolute Gasteiger partial charge is 0.325 e. The van der Waals surface area contributed by atoms with Crippen molar-refractivity contribution in [2.24, 2.45) is 0 Å². The highest BCUT2D eigenvalue weighted by molar-refractivity contribution is 6.11. The van der Waals surface area contributed by atoms with Crippen molar-refractivity contribution in [1.29, 1.82) is 0 Å². The first kappa shape index (κ1) is 16.6. The molecule has 0 radical (unpaired) electrons. The molecule has 0 bridgehead atoms. The fourth-order valence-corrected chi connectivity index (χ4v) is 3.94. The first-order chi connectivity index (χ1) is 12.5. The van der Waals surface area contributed by atoms with E-state index in [1.807, 2.05) is 42.5 Å². The zero-order valence-corrected chi connectivity index (χ0v) is 14.6. The van der Waals surface area contributed by atoms with E-state index in [-0.39, 0.29) is 11.8 Å². The van der Waals surface area contributed by atoms with Crippen LogP contribution in [-0.2, 0) is 9.59 Å². The molecule has 1 heterocycles. The van der Waals surface area contributed by atoms with E-state index in [0.717, 1.165) is 28.5 Å². The lowest BCUT2D eigenvalue weighted by Gasteiger charge is -2.23. The van der Waals surface area contributed by atoms with Gasteiger partial charge in [0.25, 0.3) is 5.91 Å². The lowest BCUT2D eigenvalue weighted by molar-refractivity contribution is -0.136. The minimum absolute atomic E-state index is 0.277. The van der Waals surface area contributed by atoms with Gasteiger partial charge in [0.2, 0.25) is 5.91 Å². The molecule has 1 aliphatic carbocycles. The van der Waals surface area contributed by atoms with Crippen molar-refractivity contribution in [2.45, 2.75) is 44.2 Å².